The number of nitrogen functional groups attached to an aromatic ring is 1. The maximum Gasteiger partial charge on any atom is 0.573 e. The van der Waals surface area contributed by atoms with E-state index in [0.717, 1.165) is 37.9 Å². The minimum atomic E-state index is -4.78. The molecule has 2 aliphatic rings. The average Bonchev–Trinajstić information content (AvgIpc) is 2.92. The van der Waals surface area contributed by atoms with Crippen LogP contribution in [0.4, 0.5) is 24.8 Å². The van der Waals surface area contributed by atoms with Gasteiger partial charge in [-0.25, -0.2) is 9.97 Å². The van der Waals surface area contributed by atoms with E-state index in [0.29, 0.717) is 37.6 Å². The Hall–Kier alpha value is -3.32. The molecule has 212 valence electrons. The predicted molar refractivity (Wildman–Crippen MR) is 140 cm³/mol. The highest BCUT2D eigenvalue weighted by Gasteiger charge is 2.35. The number of nitrogens with two attached hydrogens (primary N) is 1. The number of anilines is 2. The molecule has 0 aliphatic carbocycles. The monoisotopic (exact) mass is 569 g/mol. The first-order valence-corrected chi connectivity index (χ1v) is 13.1. The summed E-state index contributed by atoms with van der Waals surface area (Å²) in [5, 5.41) is 2.59. The lowest BCUT2D eigenvalue weighted by Gasteiger charge is -2.47. The predicted octanol–water partition coefficient (Wildman–Crippen LogP) is 3.18. The maximum absolute atomic E-state index is 12.9. The highest BCUT2D eigenvalue weighted by atomic mass is 35.5. The number of carbonyl (C=O) groups excluding carboxylic acids is 2. The molecule has 0 bridgehead atoms. The van der Waals surface area contributed by atoms with Crippen LogP contribution in [0.15, 0.2) is 24.3 Å². The summed E-state index contributed by atoms with van der Waals surface area (Å²) in [6, 6.07) is 5.49. The molecule has 2 aliphatic heterocycles. The number of nitrogens with zero attached hydrogens (tertiary/aromatic N) is 5. The van der Waals surface area contributed by atoms with E-state index in [4.69, 9.17) is 17.3 Å². The molecule has 0 radical (unpaired) electrons. The quantitative estimate of drug-likeness (QED) is 0.545. The van der Waals surface area contributed by atoms with E-state index in [1.54, 1.807) is 4.90 Å². The van der Waals surface area contributed by atoms with E-state index in [2.05, 4.69) is 31.8 Å². The van der Waals surface area contributed by atoms with Gasteiger partial charge in [0.15, 0.2) is 22.5 Å². The Morgan fingerprint density at radius 1 is 1.13 bits per heavy atom. The number of carbonyl (C=O) groups is 2. The minimum Gasteiger partial charge on any atom is -0.406 e. The van der Waals surface area contributed by atoms with Gasteiger partial charge in [-0.05, 0) is 43.5 Å². The fraction of sp³-hybridized carbons (Fsp3) is 0.520. The second-order valence-corrected chi connectivity index (χ2v) is 9.85. The smallest absolute Gasteiger partial charge is 0.406 e. The van der Waals surface area contributed by atoms with Gasteiger partial charge in [-0.2, -0.15) is 0 Å². The Labute approximate surface area is 229 Å². The van der Waals surface area contributed by atoms with E-state index in [1.807, 2.05) is 4.90 Å². The number of aromatic nitrogens is 2. The summed E-state index contributed by atoms with van der Waals surface area (Å²) in [4.78, 5) is 39.7. The number of likely N-dealkylation sites (tertiary alicyclic amines) is 1. The van der Waals surface area contributed by atoms with Gasteiger partial charge in [-0.3, -0.25) is 14.5 Å². The third-order valence-electron chi connectivity index (χ3n) is 7.16. The topological polar surface area (TPSA) is 117 Å². The van der Waals surface area contributed by atoms with E-state index >= 15 is 0 Å². The summed E-state index contributed by atoms with van der Waals surface area (Å²) in [6.45, 7) is 5.28. The van der Waals surface area contributed by atoms with Crippen molar-refractivity contribution >= 4 is 35.1 Å². The molecule has 2 amide bonds. The number of halogens is 4. The lowest BCUT2D eigenvalue weighted by Crippen LogP contribution is -2.58. The molecule has 14 heteroatoms. The fourth-order valence-electron chi connectivity index (χ4n) is 5.19. The Morgan fingerprint density at radius 3 is 2.38 bits per heavy atom. The third kappa shape index (κ3) is 6.64. The molecule has 39 heavy (non-hydrogen) atoms. The van der Waals surface area contributed by atoms with Crippen LogP contribution in [0.3, 0.4) is 0 Å². The van der Waals surface area contributed by atoms with Gasteiger partial charge >= 0.3 is 6.36 Å². The normalized spacial score (nSPS) is 19.2. The molecule has 0 saturated carbocycles. The first-order chi connectivity index (χ1) is 18.5. The molecule has 2 fully saturated rings. The van der Waals surface area contributed by atoms with Gasteiger partial charge < -0.3 is 25.6 Å². The van der Waals surface area contributed by atoms with Crippen LogP contribution in [0.25, 0.3) is 0 Å². The molecule has 1 aromatic carbocycles. The molecule has 4 rings (SSSR count). The Bertz CT molecular complexity index is 1190. The van der Waals surface area contributed by atoms with Gasteiger partial charge in [0.05, 0.1) is 0 Å². The van der Waals surface area contributed by atoms with Crippen molar-refractivity contribution in [1.82, 2.24) is 25.1 Å². The number of hydrogen-bond donors (Lipinski definition) is 2. The van der Waals surface area contributed by atoms with E-state index in [1.165, 1.54) is 19.2 Å². The van der Waals surface area contributed by atoms with Gasteiger partial charge in [0.25, 0.3) is 11.8 Å². The minimum absolute atomic E-state index is 0.0104. The molecule has 2 aromatic rings. The van der Waals surface area contributed by atoms with Crippen molar-refractivity contribution in [3.05, 3.63) is 40.7 Å². The molecular formula is C25H31ClF3N7O3. The Morgan fingerprint density at radius 2 is 1.79 bits per heavy atom. The van der Waals surface area contributed by atoms with Crippen LogP contribution in [0, 0.1) is 0 Å². The molecule has 3 N–H and O–H groups in total. The number of nitrogens with one attached hydrogen (secondary N) is 1. The van der Waals surface area contributed by atoms with Crippen molar-refractivity contribution in [2.45, 2.75) is 44.6 Å². The first kappa shape index (κ1) is 28.7. The van der Waals surface area contributed by atoms with Crippen LogP contribution >= 0.6 is 11.6 Å². The number of piperazine rings is 1. The van der Waals surface area contributed by atoms with Crippen molar-refractivity contribution in [2.75, 3.05) is 50.4 Å². The van der Waals surface area contributed by atoms with Crippen molar-refractivity contribution < 1.29 is 27.5 Å². The molecule has 0 unspecified atom stereocenters. The lowest BCUT2D eigenvalue weighted by molar-refractivity contribution is -0.274. The van der Waals surface area contributed by atoms with Crippen LogP contribution in [0.1, 0.15) is 47.0 Å². The van der Waals surface area contributed by atoms with Gasteiger partial charge in [0, 0.05) is 57.4 Å². The van der Waals surface area contributed by atoms with Crippen molar-refractivity contribution in [2.24, 2.45) is 0 Å². The number of ether oxygens (including phenoxy) is 1. The Balaban J connectivity index is 1.35. The van der Waals surface area contributed by atoms with Crippen LogP contribution in [-0.2, 0) is 0 Å². The van der Waals surface area contributed by atoms with E-state index in [9.17, 15) is 22.8 Å². The van der Waals surface area contributed by atoms with E-state index in [-0.39, 0.29) is 40.4 Å². The zero-order valence-electron chi connectivity index (χ0n) is 21.7. The van der Waals surface area contributed by atoms with E-state index < -0.39 is 12.3 Å². The van der Waals surface area contributed by atoms with Crippen molar-refractivity contribution in [3.8, 4) is 5.75 Å². The Kier molecular flexibility index (Phi) is 8.70. The molecule has 0 spiro atoms. The zero-order valence-corrected chi connectivity index (χ0v) is 22.4. The SMILES string of the molecule is CC[C@H]1CN(c2nc(N)c(C(=O)NC)nc2Cl)CCN1C1CCN(C(=O)c2ccc(OC(F)(F)F)cc2)CC1. The molecule has 1 aromatic heterocycles. The van der Waals surface area contributed by atoms with Crippen LogP contribution < -0.4 is 20.7 Å². The number of alkyl halides is 3. The summed E-state index contributed by atoms with van der Waals surface area (Å²) in [5.41, 5.74) is 6.29. The summed E-state index contributed by atoms with van der Waals surface area (Å²) < 4.78 is 41.1. The fourth-order valence-corrected chi connectivity index (χ4v) is 5.44. The first-order valence-electron chi connectivity index (χ1n) is 12.7. The van der Waals surface area contributed by atoms with Gasteiger partial charge in [0.2, 0.25) is 0 Å². The zero-order chi connectivity index (χ0) is 28.3. The third-order valence-corrected chi connectivity index (χ3v) is 7.41. The second kappa shape index (κ2) is 11.8. The molecule has 10 nitrogen and oxygen atoms in total. The number of rotatable bonds is 6. The van der Waals surface area contributed by atoms with Crippen molar-refractivity contribution in [3.63, 3.8) is 0 Å². The summed E-state index contributed by atoms with van der Waals surface area (Å²) in [5.74, 6) is -0.562. The van der Waals surface area contributed by atoms with Gasteiger partial charge in [-0.15, -0.1) is 13.2 Å². The standard InChI is InChI=1S/C25H31ClF3N7O3/c1-3-16-14-35(22-20(26)32-19(21(30)33-22)23(37)31-2)12-13-36(16)17-8-10-34(11-9-17)24(38)15-4-6-18(7-5-15)39-25(27,28)29/h4-7,16-17H,3,8-14H2,1-2H3,(H2,30,33)(H,31,37)/t16-/m0/s1. The van der Waals surface area contributed by atoms with Gasteiger partial charge in [0.1, 0.15) is 5.75 Å². The number of benzene rings is 1. The summed E-state index contributed by atoms with van der Waals surface area (Å²) in [6.07, 6.45) is -2.32. The lowest BCUT2D eigenvalue weighted by atomic mass is 9.97. The number of hydrogen-bond acceptors (Lipinski definition) is 8. The maximum atomic E-state index is 12.9. The van der Waals surface area contributed by atoms with Crippen LogP contribution in [0.5, 0.6) is 5.75 Å². The second-order valence-electron chi connectivity index (χ2n) is 9.49. The summed E-state index contributed by atoms with van der Waals surface area (Å²) >= 11 is 6.39. The average molecular weight is 570 g/mol. The van der Waals surface area contributed by atoms with Crippen LogP contribution in [-0.4, -0.2) is 89.8 Å². The van der Waals surface area contributed by atoms with Gasteiger partial charge in [-0.1, -0.05) is 18.5 Å². The summed E-state index contributed by atoms with van der Waals surface area (Å²) in [7, 11) is 1.48. The number of amides is 2. The highest BCUT2D eigenvalue weighted by molar-refractivity contribution is 6.32. The molecule has 2 saturated heterocycles. The largest absolute Gasteiger partial charge is 0.573 e. The van der Waals surface area contributed by atoms with Crippen LogP contribution in [0.2, 0.25) is 5.15 Å². The molecule has 3 heterocycles. The molecule has 1 atom stereocenters. The van der Waals surface area contributed by atoms with Crippen molar-refractivity contribution in [1.29, 1.82) is 0 Å². The number of piperidine rings is 1. The highest BCUT2D eigenvalue weighted by Crippen LogP contribution is 2.30. The molecular weight excluding hydrogens is 539 g/mol.